The monoisotopic (exact) mass is 931 g/mol. The van der Waals surface area contributed by atoms with Crippen LogP contribution in [0.25, 0.3) is 0 Å². The number of phenols is 1. The minimum absolute atomic E-state index is 0.00899. The number of hydrogen-bond acceptors (Lipinski definition) is 11. The molecular weight excluding hydrogens is 849 g/mol. The Balaban J connectivity index is 1.71. The van der Waals surface area contributed by atoms with Gasteiger partial charge in [0.05, 0.1) is 43.0 Å². The molecular formula is C55H82N2O10. The molecule has 0 amide bonds. The summed E-state index contributed by atoms with van der Waals surface area (Å²) in [5.41, 5.74) is 3.79. The van der Waals surface area contributed by atoms with Crippen LogP contribution in [0.2, 0.25) is 0 Å². The van der Waals surface area contributed by atoms with E-state index in [1.807, 2.05) is 57.2 Å². The van der Waals surface area contributed by atoms with Crippen molar-refractivity contribution in [3.8, 4) is 17.6 Å². The van der Waals surface area contributed by atoms with Gasteiger partial charge in [-0.05, 0) is 154 Å². The van der Waals surface area contributed by atoms with E-state index in [-0.39, 0.29) is 68.3 Å². The van der Waals surface area contributed by atoms with Gasteiger partial charge in [0, 0.05) is 48.7 Å². The third-order valence-electron chi connectivity index (χ3n) is 15.0. The molecule has 5 rings (SSSR count). The van der Waals surface area contributed by atoms with Crippen molar-refractivity contribution in [3.63, 3.8) is 0 Å². The Morgan fingerprint density at radius 2 is 1.72 bits per heavy atom. The molecule has 13 unspecified atom stereocenters. The maximum atomic E-state index is 13.5. The number of carboxylic acid groups (broad SMARTS) is 1. The first-order chi connectivity index (χ1) is 32.0. The Morgan fingerprint density at radius 1 is 0.955 bits per heavy atom. The fourth-order valence-corrected chi connectivity index (χ4v) is 11.4. The lowest BCUT2D eigenvalue weighted by molar-refractivity contribution is -0.139. The third kappa shape index (κ3) is 14.9. The Bertz CT molecular complexity index is 2000. The third-order valence-corrected chi connectivity index (χ3v) is 15.0. The maximum Gasteiger partial charge on any atom is 0.303 e. The highest BCUT2D eigenvalue weighted by Gasteiger charge is 2.48. The zero-order valence-corrected chi connectivity index (χ0v) is 40.7. The summed E-state index contributed by atoms with van der Waals surface area (Å²) in [5, 5.41) is 108. The Morgan fingerprint density at radius 3 is 2.42 bits per heavy atom. The lowest BCUT2D eigenvalue weighted by atomic mass is 9.63. The van der Waals surface area contributed by atoms with Gasteiger partial charge < -0.3 is 56.6 Å². The number of carboxylic acids is 1. The second-order valence-corrected chi connectivity index (χ2v) is 20.6. The fraction of sp³-hybridized carbons (Fsp3) is 0.655. The number of benzene rings is 2. The molecule has 0 spiro atoms. The van der Waals surface area contributed by atoms with Crippen molar-refractivity contribution in [3.05, 3.63) is 88.0 Å². The molecule has 1 saturated heterocycles. The van der Waals surface area contributed by atoms with Gasteiger partial charge in [0.25, 0.3) is 0 Å². The molecule has 372 valence electrons. The average molecular weight is 931 g/mol. The van der Waals surface area contributed by atoms with Crippen LogP contribution in [0.1, 0.15) is 146 Å². The zero-order valence-electron chi connectivity index (χ0n) is 40.7. The van der Waals surface area contributed by atoms with Crippen LogP contribution in [0.4, 0.5) is 0 Å². The summed E-state index contributed by atoms with van der Waals surface area (Å²) in [6.07, 6.45) is 6.11. The topological polar surface area (TPSA) is 223 Å². The van der Waals surface area contributed by atoms with Crippen LogP contribution in [-0.2, 0) is 17.6 Å². The summed E-state index contributed by atoms with van der Waals surface area (Å²) < 4.78 is 0. The number of hydrogen-bond donors (Lipinski definition) is 11. The molecule has 11 N–H and O–H groups in total. The summed E-state index contributed by atoms with van der Waals surface area (Å²) in [5.74, 6) is 5.19. The predicted octanol–water partition coefficient (Wildman–Crippen LogP) is 6.04. The highest BCUT2D eigenvalue weighted by atomic mass is 16.4. The van der Waals surface area contributed by atoms with E-state index in [2.05, 4.69) is 36.3 Å². The Labute approximate surface area is 399 Å². The van der Waals surface area contributed by atoms with Crippen molar-refractivity contribution < 1.29 is 50.8 Å². The number of rotatable bonds is 20. The average Bonchev–Trinajstić information content (AvgIpc) is 3.44. The van der Waals surface area contributed by atoms with Crippen LogP contribution in [0.5, 0.6) is 5.75 Å². The highest BCUT2D eigenvalue weighted by Crippen LogP contribution is 2.48. The molecule has 2 heterocycles. The first-order valence-electron chi connectivity index (χ1n) is 25.2. The molecule has 13 atom stereocenters. The SMILES string of the molecule is CCCCC(O)C(O)C=CC1=C(CC(O)CO)C(CCC(O)C2NC(C)CCC(CO)C2CC(=O)O)NC(C(C)(O)C2c3ccc(O)cc3CCC2CC(C)C)CC#Cc2ccccc2CC1. The van der Waals surface area contributed by atoms with Gasteiger partial charge in [-0.3, -0.25) is 4.79 Å². The summed E-state index contributed by atoms with van der Waals surface area (Å²) in [7, 11) is 0. The molecule has 2 aromatic rings. The number of aryl methyl sites for hydroxylation is 2. The molecule has 2 aliphatic heterocycles. The summed E-state index contributed by atoms with van der Waals surface area (Å²) in [4.78, 5) is 12.3. The van der Waals surface area contributed by atoms with Crippen molar-refractivity contribution in [2.24, 2.45) is 23.7 Å². The number of aliphatic hydroxyl groups excluding tert-OH is 6. The van der Waals surface area contributed by atoms with E-state index in [4.69, 9.17) is 0 Å². The quantitative estimate of drug-likeness (QED) is 0.0685. The Kier molecular flexibility index (Phi) is 21.0. The number of fused-ring (bicyclic) bond motifs is 2. The van der Waals surface area contributed by atoms with E-state index < -0.39 is 66.6 Å². The molecule has 3 aliphatic rings. The molecule has 0 bridgehead atoms. The van der Waals surface area contributed by atoms with E-state index in [1.54, 1.807) is 18.2 Å². The van der Waals surface area contributed by atoms with Gasteiger partial charge in [0.2, 0.25) is 0 Å². The minimum atomic E-state index is -1.46. The molecule has 0 aromatic heterocycles. The number of carbonyl (C=O) groups is 1. The van der Waals surface area contributed by atoms with Crippen molar-refractivity contribution in [1.29, 1.82) is 0 Å². The number of aliphatic carboxylic acids is 1. The van der Waals surface area contributed by atoms with Crippen LogP contribution in [0, 0.1) is 35.5 Å². The van der Waals surface area contributed by atoms with Gasteiger partial charge in [-0.1, -0.05) is 81.9 Å². The lowest BCUT2D eigenvalue weighted by Gasteiger charge is -2.48. The first-order valence-corrected chi connectivity index (χ1v) is 25.2. The number of aromatic hydroxyl groups is 1. The van der Waals surface area contributed by atoms with Crippen molar-refractivity contribution in [2.75, 3.05) is 13.2 Å². The first kappa shape index (κ1) is 54.3. The second-order valence-electron chi connectivity index (χ2n) is 20.6. The van der Waals surface area contributed by atoms with Crippen molar-refractivity contribution >= 4 is 5.97 Å². The van der Waals surface area contributed by atoms with E-state index >= 15 is 0 Å². The van der Waals surface area contributed by atoms with Gasteiger partial charge >= 0.3 is 5.97 Å². The van der Waals surface area contributed by atoms with Crippen LogP contribution < -0.4 is 10.6 Å². The molecule has 0 radical (unpaired) electrons. The molecule has 12 heteroatoms. The molecule has 1 fully saturated rings. The predicted molar refractivity (Wildman–Crippen MR) is 262 cm³/mol. The molecule has 67 heavy (non-hydrogen) atoms. The Hall–Kier alpha value is -3.61. The van der Waals surface area contributed by atoms with Gasteiger partial charge in [-0.15, -0.1) is 0 Å². The van der Waals surface area contributed by atoms with Crippen molar-refractivity contribution in [2.45, 2.75) is 191 Å². The number of allylic oxidation sites excluding steroid dienone is 2. The van der Waals surface area contributed by atoms with Crippen LogP contribution in [0.3, 0.4) is 0 Å². The summed E-state index contributed by atoms with van der Waals surface area (Å²) in [6, 6.07) is 11.3. The van der Waals surface area contributed by atoms with E-state index in [0.29, 0.717) is 43.6 Å². The fourth-order valence-electron chi connectivity index (χ4n) is 11.4. The second kappa shape index (κ2) is 25.8. The number of phenolic OH excluding ortho intramolecular Hbond substituents is 1. The van der Waals surface area contributed by atoms with E-state index in [9.17, 15) is 50.8 Å². The summed E-state index contributed by atoms with van der Waals surface area (Å²) in [6.45, 7) is 9.51. The van der Waals surface area contributed by atoms with Gasteiger partial charge in [-0.2, -0.15) is 0 Å². The summed E-state index contributed by atoms with van der Waals surface area (Å²) >= 11 is 0. The largest absolute Gasteiger partial charge is 0.508 e. The van der Waals surface area contributed by atoms with E-state index in [0.717, 1.165) is 59.9 Å². The zero-order chi connectivity index (χ0) is 48.8. The maximum absolute atomic E-state index is 13.5. The van der Waals surface area contributed by atoms with Crippen LogP contribution in [0.15, 0.2) is 65.8 Å². The minimum Gasteiger partial charge on any atom is -0.508 e. The molecule has 1 aliphatic carbocycles. The van der Waals surface area contributed by atoms with Gasteiger partial charge in [0.1, 0.15) is 5.75 Å². The molecule has 0 saturated carbocycles. The van der Waals surface area contributed by atoms with E-state index in [1.165, 1.54) is 0 Å². The lowest BCUT2D eigenvalue weighted by Crippen LogP contribution is -2.58. The van der Waals surface area contributed by atoms with Crippen LogP contribution in [-0.4, -0.2) is 119 Å². The number of aliphatic hydroxyl groups is 7. The normalized spacial score (nSPS) is 27.8. The van der Waals surface area contributed by atoms with Crippen molar-refractivity contribution in [1.82, 2.24) is 10.6 Å². The smallest absolute Gasteiger partial charge is 0.303 e. The van der Waals surface area contributed by atoms with Gasteiger partial charge in [0.15, 0.2) is 0 Å². The number of nitrogens with one attached hydrogen (secondary N) is 2. The standard InChI is InChI=1S/C55H82N2O10/c1-6-7-14-48(62)49(63)26-22-38-19-18-37-12-9-8-11-36(37)13-10-15-51(55(5,67)53-40(28-34(2)3)21-20-39-29-42(60)23-24-44(39)53)57-47(45(38)30-43(61)33-59)25-27-50(64)54-46(31-52(65)66)41(32-58)17-16-35(4)56-54/h8-9,11-12,22-24,26,29,34-35,40-41,43,46-51,53-54,56-64,67H,6-7,14-21,25,27-28,30-33H2,1-5H3,(H,65,66). The molecule has 12 nitrogen and oxygen atoms in total. The number of unbranched alkanes of at least 4 members (excludes halogenated alkanes) is 1. The molecule has 2 aromatic carbocycles. The van der Waals surface area contributed by atoms with Crippen LogP contribution >= 0.6 is 0 Å². The highest BCUT2D eigenvalue weighted by molar-refractivity contribution is 5.67. The van der Waals surface area contributed by atoms with Gasteiger partial charge in [-0.25, -0.2) is 0 Å².